The molecule has 15 heteroatoms. The molecule has 2 unspecified atom stereocenters. The summed E-state index contributed by atoms with van der Waals surface area (Å²) < 4.78 is 43.2. The molecule has 4 aliphatic rings. The third kappa shape index (κ3) is 4.31. The molecular weight excluding hydrogens is 519 g/mol. The lowest BCUT2D eigenvalue weighted by Gasteiger charge is -2.60. The van der Waals surface area contributed by atoms with E-state index in [0.717, 1.165) is 0 Å². The van der Waals surface area contributed by atoms with Gasteiger partial charge in [0.05, 0.1) is 6.26 Å². The van der Waals surface area contributed by atoms with Crippen LogP contribution >= 0.6 is 0 Å². The highest BCUT2D eigenvalue weighted by molar-refractivity contribution is 7.86. The first-order valence-corrected chi connectivity index (χ1v) is 13.5. The summed E-state index contributed by atoms with van der Waals surface area (Å²) in [5.74, 6) is -3.32. The first kappa shape index (κ1) is 27.1. The maximum atomic E-state index is 15.6. The third-order valence-electron chi connectivity index (χ3n) is 8.88. The van der Waals surface area contributed by atoms with Gasteiger partial charge in [-0.2, -0.15) is 8.42 Å². The van der Waals surface area contributed by atoms with Gasteiger partial charge in [0, 0.05) is 16.7 Å². The summed E-state index contributed by atoms with van der Waals surface area (Å²) in [4.78, 5) is 58.6. The van der Waals surface area contributed by atoms with E-state index in [4.69, 9.17) is 9.68 Å². The number of rotatable bonds is 8. The Balaban J connectivity index is 1.83. The zero-order valence-electron chi connectivity index (χ0n) is 20.3. The zero-order valence-corrected chi connectivity index (χ0v) is 21.1. The molecule has 37 heavy (non-hydrogen) atoms. The predicted molar refractivity (Wildman–Crippen MR) is 121 cm³/mol. The van der Waals surface area contributed by atoms with Crippen molar-refractivity contribution < 1.29 is 46.4 Å². The van der Waals surface area contributed by atoms with Gasteiger partial charge < -0.3 is 4.84 Å². The second-order valence-electron chi connectivity index (χ2n) is 10.7. The number of nitrogens with zero attached hydrogens (tertiary/aromatic N) is 2. The van der Waals surface area contributed by atoms with E-state index in [1.807, 2.05) is 0 Å². The molecule has 4 aliphatic carbocycles. The van der Waals surface area contributed by atoms with E-state index in [1.54, 1.807) is 6.92 Å². The quantitative estimate of drug-likeness (QED) is 0.246. The highest BCUT2D eigenvalue weighted by atomic mass is 32.2. The number of fused-ring (bicyclic) bond motifs is 5. The lowest BCUT2D eigenvalue weighted by Crippen LogP contribution is -2.64. The number of alkyl halides is 1. The summed E-state index contributed by atoms with van der Waals surface area (Å²) in [6, 6.07) is 0. The molecule has 8 atom stereocenters. The first-order valence-electron chi connectivity index (χ1n) is 11.7. The average Bonchev–Trinajstić information content (AvgIpc) is 3.04. The predicted octanol–water partition coefficient (Wildman–Crippen LogP) is 1.92. The number of hydrogen-bond donors (Lipinski definition) is 0. The van der Waals surface area contributed by atoms with Gasteiger partial charge in [-0.05, 0) is 55.2 Å². The van der Waals surface area contributed by atoms with Crippen LogP contribution in [0, 0.1) is 48.8 Å². The molecule has 0 amide bonds. The fourth-order valence-electron chi connectivity index (χ4n) is 7.56. The van der Waals surface area contributed by atoms with Crippen molar-refractivity contribution >= 4 is 21.7 Å². The van der Waals surface area contributed by atoms with Gasteiger partial charge in [-0.3, -0.25) is 18.6 Å². The summed E-state index contributed by atoms with van der Waals surface area (Å²) in [6.45, 7) is 2.14. The van der Waals surface area contributed by atoms with Gasteiger partial charge in [-0.15, -0.1) is 20.2 Å². The highest BCUT2D eigenvalue weighted by Gasteiger charge is 2.71. The van der Waals surface area contributed by atoms with Crippen LogP contribution in [0.15, 0.2) is 23.8 Å². The fraction of sp³-hybridized carbons (Fsp3) is 0.727. The summed E-state index contributed by atoms with van der Waals surface area (Å²) in [6.07, 6.45) is 1.46. The topological polar surface area (TPSA) is 182 Å². The van der Waals surface area contributed by atoms with Crippen LogP contribution < -0.4 is 0 Å². The molecule has 0 radical (unpaired) electrons. The number of hydrogen-bond acceptors (Lipinski definition) is 11. The van der Waals surface area contributed by atoms with Crippen molar-refractivity contribution in [3.63, 3.8) is 0 Å². The van der Waals surface area contributed by atoms with Gasteiger partial charge in [0.25, 0.3) is 20.3 Å². The van der Waals surface area contributed by atoms with E-state index in [2.05, 4.69) is 4.18 Å². The van der Waals surface area contributed by atoms with Crippen molar-refractivity contribution in [2.75, 3.05) is 12.9 Å². The Hall–Kier alpha value is -2.94. The van der Waals surface area contributed by atoms with E-state index in [1.165, 1.54) is 25.2 Å². The molecule has 4 rings (SSSR count). The Morgan fingerprint density at radius 3 is 2.51 bits per heavy atom. The fourth-order valence-corrected chi connectivity index (χ4v) is 7.88. The van der Waals surface area contributed by atoms with Crippen molar-refractivity contribution in [2.45, 2.75) is 57.4 Å². The van der Waals surface area contributed by atoms with E-state index in [9.17, 15) is 38.2 Å². The van der Waals surface area contributed by atoms with E-state index >= 15 is 4.39 Å². The van der Waals surface area contributed by atoms with Gasteiger partial charge in [0.15, 0.2) is 17.2 Å². The molecular formula is C22H27FN2O11S. The van der Waals surface area contributed by atoms with Gasteiger partial charge in [-0.25, -0.2) is 4.39 Å². The van der Waals surface area contributed by atoms with E-state index < -0.39 is 84.9 Å². The molecule has 0 N–H and O–H groups in total. The van der Waals surface area contributed by atoms with Crippen molar-refractivity contribution in [3.8, 4) is 0 Å². The van der Waals surface area contributed by atoms with Crippen LogP contribution in [0.5, 0.6) is 0 Å². The number of carbonyl (C=O) groups excluding carboxylic acids is 2. The third-order valence-corrected chi connectivity index (χ3v) is 9.43. The normalized spacial score (nSPS) is 40.6. The van der Waals surface area contributed by atoms with Crippen LogP contribution in [-0.2, 0) is 33.6 Å². The maximum Gasteiger partial charge on any atom is 0.295 e. The standard InChI is InChI=1S/C22H27FN2O11S/c1-20-6-4-12(26)8-15(20)16(23)9-13-14-5-7-22(36-25(30)31,18(27)11-34-37(3,32)33)21(14,2)10-17(19(13)20)35-24(28)29/h4,6,8,13-14,16-17,19H,5,7,9-11H2,1-3H3/t13-,14-,16?,17?,19+,20-,21-,22-/m0/s1. The second-order valence-corrected chi connectivity index (χ2v) is 12.3. The number of Topliss-reactive ketones (excluding diaryl/α,β-unsaturated/α-hetero) is 1. The lowest BCUT2D eigenvalue weighted by atomic mass is 9.46. The largest absolute Gasteiger partial charge is 0.310 e. The summed E-state index contributed by atoms with van der Waals surface area (Å²) >= 11 is 0. The zero-order chi connectivity index (χ0) is 27.6. The summed E-state index contributed by atoms with van der Waals surface area (Å²) in [5.41, 5.74) is -4.59. The number of carbonyl (C=O) groups is 2. The van der Waals surface area contributed by atoms with Crippen LogP contribution in [0.1, 0.15) is 39.5 Å². The Morgan fingerprint density at radius 1 is 1.24 bits per heavy atom. The Morgan fingerprint density at radius 2 is 1.92 bits per heavy atom. The van der Waals surface area contributed by atoms with Gasteiger partial charge in [-0.1, -0.05) is 19.9 Å². The van der Waals surface area contributed by atoms with Crippen molar-refractivity contribution in [3.05, 3.63) is 44.0 Å². The van der Waals surface area contributed by atoms with Crippen LogP contribution in [0.25, 0.3) is 0 Å². The van der Waals surface area contributed by atoms with E-state index in [0.29, 0.717) is 6.26 Å². The smallest absolute Gasteiger partial charge is 0.295 e. The molecule has 13 nitrogen and oxygen atoms in total. The molecule has 0 aliphatic heterocycles. The van der Waals surface area contributed by atoms with Crippen LogP contribution in [0.3, 0.4) is 0 Å². The molecule has 0 aromatic heterocycles. The minimum absolute atomic E-state index is 0.145. The summed E-state index contributed by atoms with van der Waals surface area (Å²) in [5, 5.41) is 20.9. The molecule has 0 aromatic rings. The van der Waals surface area contributed by atoms with E-state index in [-0.39, 0.29) is 31.3 Å². The Kier molecular flexibility index (Phi) is 6.46. The minimum Gasteiger partial charge on any atom is -0.310 e. The van der Waals surface area contributed by atoms with Gasteiger partial charge >= 0.3 is 0 Å². The molecule has 0 aromatic carbocycles. The number of allylic oxidation sites excluding steroid dienone is 4. The Labute approximate surface area is 211 Å². The van der Waals surface area contributed by atoms with Gasteiger partial charge in [0.1, 0.15) is 18.9 Å². The minimum atomic E-state index is -4.08. The number of halogens is 1. The molecule has 204 valence electrons. The molecule has 0 saturated heterocycles. The van der Waals surface area contributed by atoms with Crippen molar-refractivity contribution in [2.24, 2.45) is 28.6 Å². The number of ketones is 2. The van der Waals surface area contributed by atoms with Crippen molar-refractivity contribution in [1.82, 2.24) is 0 Å². The molecule has 0 bridgehead atoms. The Bertz CT molecular complexity index is 1220. The highest BCUT2D eigenvalue weighted by Crippen LogP contribution is 2.68. The molecule has 0 spiro atoms. The first-order chi connectivity index (χ1) is 17.0. The lowest BCUT2D eigenvalue weighted by molar-refractivity contribution is -0.784. The van der Waals surface area contributed by atoms with Crippen LogP contribution in [0.4, 0.5) is 4.39 Å². The molecule has 3 saturated carbocycles. The SMILES string of the molecule is C[C@]12C=CC(=O)C=C1C(F)C[C@@H]1[C@@H]2C(O[N+](=O)[O-])C[C@@]2(C)[C@H]1CC[C@]2(O[N+](=O)[O-])C(=O)COS(C)(=O)=O. The summed E-state index contributed by atoms with van der Waals surface area (Å²) in [7, 11) is -4.08. The maximum absolute atomic E-state index is 15.6. The molecule has 0 heterocycles. The van der Waals surface area contributed by atoms with Crippen LogP contribution in [-0.4, -0.2) is 60.9 Å². The van der Waals surface area contributed by atoms with Crippen LogP contribution in [0.2, 0.25) is 0 Å². The van der Waals surface area contributed by atoms with Crippen molar-refractivity contribution in [1.29, 1.82) is 0 Å². The van der Waals surface area contributed by atoms with Gasteiger partial charge in [0.2, 0.25) is 0 Å². The monoisotopic (exact) mass is 546 g/mol. The average molecular weight is 547 g/mol. The second kappa shape index (κ2) is 8.82. The molecule has 3 fully saturated rings.